The molecule has 6 nitrogen and oxygen atoms in total. The quantitative estimate of drug-likeness (QED) is 0.356. The van der Waals surface area contributed by atoms with Crippen molar-refractivity contribution in [2.24, 2.45) is 0 Å². The molecule has 1 heterocycles. The van der Waals surface area contributed by atoms with Crippen molar-refractivity contribution >= 4 is 27.0 Å². The van der Waals surface area contributed by atoms with Crippen molar-refractivity contribution in [2.45, 2.75) is 17.5 Å². The van der Waals surface area contributed by atoms with Gasteiger partial charge >= 0.3 is 10.2 Å². The highest BCUT2D eigenvalue weighted by molar-refractivity contribution is 8.45. The summed E-state index contributed by atoms with van der Waals surface area (Å²) < 4.78 is 66.2. The molecule has 1 amide bonds. The summed E-state index contributed by atoms with van der Waals surface area (Å²) in [7, 11) is -9.82. The highest BCUT2D eigenvalue weighted by atomic mass is 32.5. The Morgan fingerprint density at radius 2 is 1.81 bits per heavy atom. The normalized spacial score (nSPS) is 15.2. The Labute approximate surface area is 173 Å². The molecule has 168 valence electrons. The summed E-state index contributed by atoms with van der Waals surface area (Å²) in [4.78, 5) is 9.51. The smallest absolute Gasteiger partial charge is 0.310 e. The number of aliphatic hydroxyl groups excluding tert-OH is 2. The van der Waals surface area contributed by atoms with E-state index < -0.39 is 33.7 Å². The van der Waals surface area contributed by atoms with Gasteiger partial charge in [-0.2, -0.15) is 5.10 Å². The Balaban J connectivity index is 2.17. The third kappa shape index (κ3) is 4.70. The molecule has 0 fully saturated rings. The molecule has 0 radical (unpaired) electrons. The molecule has 0 spiro atoms. The fraction of sp³-hybridized carbons (Fsp3) is 0.158. The number of hydrogen-bond acceptors (Lipinski definition) is 4. The average Bonchev–Trinajstić information content (AvgIpc) is 3.08. The first-order valence-corrected chi connectivity index (χ1v) is 10.7. The van der Waals surface area contributed by atoms with Crippen LogP contribution in [-0.2, 0) is 11.3 Å². The molecule has 1 aromatic heterocycles. The summed E-state index contributed by atoms with van der Waals surface area (Å²) in [5, 5.41) is 26.6. The van der Waals surface area contributed by atoms with E-state index in [0.717, 1.165) is 18.2 Å². The molecule has 0 saturated heterocycles. The van der Waals surface area contributed by atoms with Crippen molar-refractivity contribution in [3.8, 4) is 5.69 Å². The number of aromatic nitrogens is 2. The molecular formula is C19H18F5N3O3S. The third-order valence-electron chi connectivity index (χ3n) is 4.49. The molecule has 0 aliphatic carbocycles. The lowest BCUT2D eigenvalue weighted by molar-refractivity contribution is -0.116. The fourth-order valence-corrected chi connectivity index (χ4v) is 3.71. The summed E-state index contributed by atoms with van der Waals surface area (Å²) in [6.07, 6.45) is -0.257. The molecular weight excluding hydrogens is 445 g/mol. The van der Waals surface area contributed by atoms with Crippen molar-refractivity contribution in [1.29, 1.82) is 0 Å². The number of aliphatic hydroxyl groups is 2. The van der Waals surface area contributed by atoms with Gasteiger partial charge in [0.25, 0.3) is 0 Å². The predicted molar refractivity (Wildman–Crippen MR) is 107 cm³/mol. The molecule has 3 aromatic rings. The van der Waals surface area contributed by atoms with Crippen LogP contribution in [0.4, 0.5) is 19.4 Å². The second kappa shape index (κ2) is 7.04. The Morgan fingerprint density at radius 3 is 2.35 bits per heavy atom. The SMILES string of the molecule is C=CC(=O)NCc1nn(-c2ccc(S(F)(F)(F)(F)F)cc2)c2cccc([C@H](O)CO)c12. The molecule has 0 aliphatic rings. The predicted octanol–water partition coefficient (Wildman–Crippen LogP) is 4.51. The van der Waals surface area contributed by atoms with Gasteiger partial charge in [-0.25, -0.2) is 4.68 Å². The second-order valence-electron chi connectivity index (χ2n) is 6.68. The summed E-state index contributed by atoms with van der Waals surface area (Å²) in [5.41, 5.74) is 0.892. The first-order valence-electron chi connectivity index (χ1n) is 8.79. The average molecular weight is 463 g/mol. The number of carbonyl (C=O) groups is 1. The Kier molecular flexibility index (Phi) is 5.16. The lowest BCUT2D eigenvalue weighted by Gasteiger charge is -2.40. The van der Waals surface area contributed by atoms with E-state index in [4.69, 9.17) is 0 Å². The fourth-order valence-electron chi connectivity index (χ4n) is 3.06. The van der Waals surface area contributed by atoms with Crippen molar-refractivity contribution in [3.63, 3.8) is 0 Å². The van der Waals surface area contributed by atoms with Gasteiger partial charge in [0.2, 0.25) is 5.91 Å². The lowest BCUT2D eigenvalue weighted by Crippen LogP contribution is -2.20. The Bertz CT molecular complexity index is 1160. The van der Waals surface area contributed by atoms with Crippen LogP contribution in [0.25, 0.3) is 16.6 Å². The largest absolute Gasteiger partial charge is 0.393 e. The van der Waals surface area contributed by atoms with E-state index in [1.165, 1.54) is 16.8 Å². The lowest BCUT2D eigenvalue weighted by atomic mass is 10.0. The monoisotopic (exact) mass is 463 g/mol. The highest BCUT2D eigenvalue weighted by Gasteiger charge is 2.65. The molecule has 3 N–H and O–H groups in total. The van der Waals surface area contributed by atoms with Gasteiger partial charge in [0, 0.05) is 5.39 Å². The molecule has 0 bridgehead atoms. The molecule has 0 aliphatic heterocycles. The van der Waals surface area contributed by atoms with E-state index in [9.17, 15) is 34.4 Å². The van der Waals surface area contributed by atoms with E-state index in [1.54, 1.807) is 6.07 Å². The number of benzene rings is 2. The van der Waals surface area contributed by atoms with E-state index in [2.05, 4.69) is 17.0 Å². The van der Waals surface area contributed by atoms with E-state index in [0.29, 0.717) is 10.9 Å². The maximum absolute atomic E-state index is 13.0. The van der Waals surface area contributed by atoms with Crippen LogP contribution in [0, 0.1) is 0 Å². The van der Waals surface area contributed by atoms with Crippen LogP contribution in [0.5, 0.6) is 0 Å². The zero-order valence-electron chi connectivity index (χ0n) is 15.8. The number of hydrogen-bond donors (Lipinski definition) is 3. The molecule has 1 atom stereocenters. The zero-order chi connectivity index (χ0) is 23.1. The van der Waals surface area contributed by atoms with Crippen LogP contribution in [0.1, 0.15) is 17.4 Å². The molecule has 2 aromatic carbocycles. The topological polar surface area (TPSA) is 87.4 Å². The van der Waals surface area contributed by atoms with Crippen molar-refractivity contribution < 1.29 is 34.4 Å². The standard InChI is InChI=1S/C19H18F5N3O3S/c1-2-18(30)25-10-15-19-14(17(29)11-28)4-3-5-16(19)27(26-15)12-6-8-13(9-7-12)31(20,21,22,23)24/h2-9,17,28-29H,1,10-11H2,(H,25,30)/t17-/m1/s1. The minimum absolute atomic E-state index is 0.0486. The van der Waals surface area contributed by atoms with Crippen molar-refractivity contribution in [3.05, 3.63) is 66.4 Å². The van der Waals surface area contributed by atoms with Crippen LogP contribution < -0.4 is 5.32 Å². The van der Waals surface area contributed by atoms with Gasteiger partial charge in [0.15, 0.2) is 0 Å². The number of rotatable bonds is 7. The minimum atomic E-state index is -9.82. The molecule has 0 unspecified atom stereocenters. The Morgan fingerprint density at radius 1 is 1.16 bits per heavy atom. The molecule has 12 heteroatoms. The van der Waals surface area contributed by atoms with E-state index in [-0.39, 0.29) is 35.6 Å². The molecule has 31 heavy (non-hydrogen) atoms. The van der Waals surface area contributed by atoms with Gasteiger partial charge < -0.3 is 15.5 Å². The highest BCUT2D eigenvalue weighted by Crippen LogP contribution is 3.02. The van der Waals surface area contributed by atoms with Crippen LogP contribution in [-0.4, -0.2) is 32.5 Å². The third-order valence-corrected chi connectivity index (χ3v) is 5.65. The van der Waals surface area contributed by atoms with Gasteiger partial charge in [0.05, 0.1) is 30.0 Å². The number of amides is 1. The van der Waals surface area contributed by atoms with E-state index >= 15 is 0 Å². The molecule has 3 rings (SSSR count). The maximum atomic E-state index is 13.0. The van der Waals surface area contributed by atoms with Gasteiger partial charge in [0.1, 0.15) is 11.0 Å². The van der Waals surface area contributed by atoms with Crippen LogP contribution in [0.2, 0.25) is 0 Å². The summed E-state index contributed by atoms with van der Waals surface area (Å²) in [6.45, 7) is 2.60. The van der Waals surface area contributed by atoms with Gasteiger partial charge in [-0.05, 0) is 42.0 Å². The van der Waals surface area contributed by atoms with E-state index in [1.807, 2.05) is 0 Å². The minimum Gasteiger partial charge on any atom is -0.393 e. The number of nitrogens with one attached hydrogen (secondary N) is 1. The first-order chi connectivity index (χ1) is 14.2. The zero-order valence-corrected chi connectivity index (χ0v) is 16.6. The van der Waals surface area contributed by atoms with Crippen LogP contribution >= 0.6 is 10.2 Å². The first kappa shape index (κ1) is 22.7. The second-order valence-corrected chi connectivity index (χ2v) is 9.09. The Hall–Kier alpha value is -2.96. The van der Waals surface area contributed by atoms with Crippen LogP contribution in [0.3, 0.4) is 0 Å². The summed E-state index contributed by atoms with van der Waals surface area (Å²) in [5.74, 6) is -0.511. The number of carbonyl (C=O) groups excluding carboxylic acids is 1. The van der Waals surface area contributed by atoms with Gasteiger partial charge in [-0.15, -0.1) is 0 Å². The summed E-state index contributed by atoms with van der Waals surface area (Å²) in [6, 6.07) is 6.84. The summed E-state index contributed by atoms with van der Waals surface area (Å²) >= 11 is 0. The maximum Gasteiger partial charge on any atom is 0.310 e. The van der Waals surface area contributed by atoms with Gasteiger partial charge in [-0.1, -0.05) is 38.1 Å². The molecule has 0 saturated carbocycles. The number of fused-ring (bicyclic) bond motifs is 1. The van der Waals surface area contributed by atoms with Gasteiger partial charge in [-0.3, -0.25) is 4.79 Å². The number of nitrogens with zero attached hydrogens (tertiary/aromatic N) is 2. The number of halogens is 5. The van der Waals surface area contributed by atoms with Crippen molar-refractivity contribution in [1.82, 2.24) is 15.1 Å². The van der Waals surface area contributed by atoms with Crippen LogP contribution in [0.15, 0.2) is 60.0 Å². The van der Waals surface area contributed by atoms with Crippen molar-refractivity contribution in [2.75, 3.05) is 6.61 Å².